The fourth-order valence-corrected chi connectivity index (χ4v) is 5.13. The maximum Gasteiger partial charge on any atom is 0.311 e. The lowest BCUT2D eigenvalue weighted by Crippen LogP contribution is -2.34. The first-order chi connectivity index (χ1) is 13.4. The van der Waals surface area contributed by atoms with Crippen LogP contribution in [0.15, 0.2) is 24.3 Å². The zero-order valence-electron chi connectivity index (χ0n) is 15.9. The number of halogens is 2. The second-order valence-corrected chi connectivity index (χ2v) is 9.86. The zero-order chi connectivity index (χ0) is 20.3. The van der Waals surface area contributed by atoms with Gasteiger partial charge in [-0.25, -0.2) is 0 Å². The monoisotopic (exact) mass is 513 g/mol. The topological polar surface area (TPSA) is 63.7 Å². The third kappa shape index (κ3) is 4.67. The van der Waals surface area contributed by atoms with Gasteiger partial charge in [0.2, 0.25) is 11.8 Å². The van der Waals surface area contributed by atoms with Gasteiger partial charge in [-0.3, -0.25) is 19.3 Å². The van der Waals surface area contributed by atoms with E-state index in [2.05, 4.69) is 38.8 Å². The van der Waals surface area contributed by atoms with Crippen molar-refractivity contribution in [1.29, 1.82) is 0 Å². The molecule has 1 saturated heterocycles. The molecule has 152 valence electrons. The fraction of sp³-hybridized carbons (Fsp3) is 0.571. The molecule has 0 N–H and O–H groups in total. The molecule has 1 aliphatic heterocycles. The number of esters is 1. The summed E-state index contributed by atoms with van der Waals surface area (Å²) < 4.78 is 5.35. The fourth-order valence-electron chi connectivity index (χ4n) is 3.89. The van der Waals surface area contributed by atoms with Gasteiger partial charge in [0, 0.05) is 16.1 Å². The number of hydrogen-bond donors (Lipinski definition) is 0. The van der Waals surface area contributed by atoms with Gasteiger partial charge in [-0.15, -0.1) is 0 Å². The van der Waals surface area contributed by atoms with E-state index in [9.17, 15) is 14.4 Å². The summed E-state index contributed by atoms with van der Waals surface area (Å²) in [6, 6.07) is 6.62. The second kappa shape index (κ2) is 9.53. The molecule has 7 heteroatoms. The van der Waals surface area contributed by atoms with Gasteiger partial charge < -0.3 is 4.74 Å². The summed E-state index contributed by atoms with van der Waals surface area (Å²) in [6.45, 7) is 2.13. The van der Waals surface area contributed by atoms with Crippen LogP contribution in [0.5, 0.6) is 5.75 Å². The van der Waals surface area contributed by atoms with Crippen LogP contribution in [0.25, 0.3) is 0 Å². The Morgan fingerprint density at radius 3 is 2.11 bits per heavy atom. The van der Waals surface area contributed by atoms with E-state index in [0.29, 0.717) is 30.7 Å². The largest absolute Gasteiger partial charge is 0.427 e. The van der Waals surface area contributed by atoms with Crippen LogP contribution >= 0.6 is 31.9 Å². The van der Waals surface area contributed by atoms with E-state index in [1.807, 2.05) is 0 Å². The molecule has 0 unspecified atom stereocenters. The minimum Gasteiger partial charge on any atom is -0.427 e. The van der Waals surface area contributed by atoms with Crippen molar-refractivity contribution in [2.45, 2.75) is 61.5 Å². The molecule has 2 aliphatic rings. The molecule has 5 nitrogen and oxygen atoms in total. The second-order valence-electron chi connectivity index (χ2n) is 7.51. The third-order valence-electron chi connectivity index (χ3n) is 5.47. The van der Waals surface area contributed by atoms with Crippen molar-refractivity contribution in [1.82, 2.24) is 0 Å². The van der Waals surface area contributed by atoms with E-state index in [1.165, 1.54) is 4.90 Å². The van der Waals surface area contributed by atoms with Crippen molar-refractivity contribution in [3.8, 4) is 5.75 Å². The van der Waals surface area contributed by atoms with Crippen molar-refractivity contribution < 1.29 is 19.1 Å². The number of carbonyl (C=O) groups is 3. The molecule has 0 spiro atoms. The maximum absolute atomic E-state index is 12.8. The van der Waals surface area contributed by atoms with Gasteiger partial charge in [0.05, 0.1) is 17.5 Å². The summed E-state index contributed by atoms with van der Waals surface area (Å²) in [5.41, 5.74) is 0.532. The Balaban J connectivity index is 1.62. The number of benzene rings is 1. The molecule has 1 aromatic carbocycles. The average Bonchev–Trinajstić information content (AvgIpc) is 2.90. The number of nitrogens with zero attached hydrogens (tertiary/aromatic N) is 1. The number of fused-ring (bicyclic) bond motifs is 1. The Kier molecular flexibility index (Phi) is 7.31. The molecule has 2 fully saturated rings. The van der Waals surface area contributed by atoms with Crippen LogP contribution in [0.4, 0.5) is 5.69 Å². The number of ether oxygens (including phenoxy) is 1. The Morgan fingerprint density at radius 1 is 1.00 bits per heavy atom. The van der Waals surface area contributed by atoms with E-state index < -0.39 is 0 Å². The minimum atomic E-state index is -0.272. The molecule has 1 aromatic rings. The standard InChI is InChI=1S/C21H25Br2NO4/c1-2-3-4-5-6-19(25)28-14-9-7-13(8-10-14)24-20(26)15-11-17(22)18(23)12-16(15)21(24)27/h7-10,15-18H,2-6,11-12H2,1H3/t15-,16+,17-,18-/m1/s1. The molecular weight excluding hydrogens is 490 g/mol. The lowest BCUT2D eigenvalue weighted by atomic mass is 9.81. The number of anilines is 1. The van der Waals surface area contributed by atoms with E-state index >= 15 is 0 Å². The molecule has 3 rings (SSSR count). The highest BCUT2D eigenvalue weighted by molar-refractivity contribution is 9.12. The Labute approximate surface area is 182 Å². The van der Waals surface area contributed by atoms with Gasteiger partial charge in [-0.1, -0.05) is 58.0 Å². The first-order valence-electron chi connectivity index (χ1n) is 9.89. The number of carbonyl (C=O) groups excluding carboxylic acids is 3. The van der Waals surface area contributed by atoms with Crippen molar-refractivity contribution in [2.75, 3.05) is 4.90 Å². The summed E-state index contributed by atoms with van der Waals surface area (Å²) in [4.78, 5) is 39.2. The Morgan fingerprint density at radius 2 is 1.57 bits per heavy atom. The van der Waals surface area contributed by atoms with E-state index in [1.54, 1.807) is 24.3 Å². The van der Waals surface area contributed by atoms with Gasteiger partial charge in [-0.05, 0) is 43.5 Å². The Bertz CT molecular complexity index is 708. The Hall–Kier alpha value is -1.21. The molecule has 28 heavy (non-hydrogen) atoms. The first kappa shape index (κ1) is 21.5. The number of hydrogen-bond acceptors (Lipinski definition) is 4. The van der Waals surface area contributed by atoms with Crippen molar-refractivity contribution in [2.24, 2.45) is 11.8 Å². The number of unbranched alkanes of at least 4 members (excludes halogenated alkanes) is 3. The predicted octanol–water partition coefficient (Wildman–Crippen LogP) is 4.99. The van der Waals surface area contributed by atoms with Crippen LogP contribution in [0, 0.1) is 11.8 Å². The van der Waals surface area contributed by atoms with Gasteiger partial charge in [0.15, 0.2) is 0 Å². The lowest BCUT2D eigenvalue weighted by molar-refractivity contribution is -0.134. The predicted molar refractivity (Wildman–Crippen MR) is 115 cm³/mol. The summed E-state index contributed by atoms with van der Waals surface area (Å²) >= 11 is 7.19. The SMILES string of the molecule is CCCCCCC(=O)Oc1ccc(N2C(=O)[C@H]3C[C@@H](Br)[C@H](Br)C[C@H]3C2=O)cc1. The van der Waals surface area contributed by atoms with Crippen molar-refractivity contribution >= 4 is 55.3 Å². The van der Waals surface area contributed by atoms with Crippen LogP contribution in [0.1, 0.15) is 51.9 Å². The van der Waals surface area contributed by atoms with Crippen LogP contribution in [0.3, 0.4) is 0 Å². The van der Waals surface area contributed by atoms with Gasteiger partial charge in [0.25, 0.3) is 0 Å². The summed E-state index contributed by atoms with van der Waals surface area (Å²) in [5.74, 6) is -0.645. The van der Waals surface area contributed by atoms with Crippen molar-refractivity contribution in [3.05, 3.63) is 24.3 Å². The molecule has 0 radical (unpaired) electrons. The summed E-state index contributed by atoms with van der Waals surface area (Å²) in [7, 11) is 0. The molecule has 0 aromatic heterocycles. The highest BCUT2D eigenvalue weighted by Gasteiger charge is 2.52. The third-order valence-corrected chi connectivity index (χ3v) is 8.21. The van der Waals surface area contributed by atoms with Crippen molar-refractivity contribution in [3.63, 3.8) is 0 Å². The summed E-state index contributed by atoms with van der Waals surface area (Å²) in [6.07, 6.45) is 5.79. The average molecular weight is 515 g/mol. The number of rotatable bonds is 7. The van der Waals surface area contributed by atoms with Crippen LogP contribution in [-0.2, 0) is 14.4 Å². The molecule has 2 amide bonds. The normalized spacial score (nSPS) is 27.0. The van der Waals surface area contributed by atoms with Crippen LogP contribution in [-0.4, -0.2) is 27.4 Å². The lowest BCUT2D eigenvalue weighted by Gasteiger charge is -2.29. The number of alkyl halides is 2. The molecule has 4 atom stereocenters. The molecule has 0 bridgehead atoms. The number of imide groups is 1. The quantitative estimate of drug-likeness (QED) is 0.169. The molecule has 1 saturated carbocycles. The highest BCUT2D eigenvalue weighted by atomic mass is 79.9. The van der Waals surface area contributed by atoms with Gasteiger partial charge in [0.1, 0.15) is 5.75 Å². The maximum atomic E-state index is 12.8. The number of amides is 2. The molecule has 1 aliphatic carbocycles. The zero-order valence-corrected chi connectivity index (χ0v) is 19.1. The summed E-state index contributed by atoms with van der Waals surface area (Å²) in [5, 5.41) is 0. The van der Waals surface area contributed by atoms with Gasteiger partial charge in [-0.2, -0.15) is 0 Å². The van der Waals surface area contributed by atoms with Gasteiger partial charge >= 0.3 is 5.97 Å². The van der Waals surface area contributed by atoms with E-state index in [-0.39, 0.29) is 39.3 Å². The minimum absolute atomic E-state index is 0.139. The first-order valence-corrected chi connectivity index (χ1v) is 11.7. The van der Waals surface area contributed by atoms with E-state index in [0.717, 1.165) is 25.7 Å². The molecular formula is C21H25Br2NO4. The smallest absolute Gasteiger partial charge is 0.311 e. The van der Waals surface area contributed by atoms with E-state index in [4.69, 9.17) is 4.74 Å². The molecule has 1 heterocycles. The van der Waals surface area contributed by atoms with Crippen LogP contribution in [0.2, 0.25) is 0 Å². The van der Waals surface area contributed by atoms with Crippen LogP contribution < -0.4 is 9.64 Å². The highest BCUT2D eigenvalue weighted by Crippen LogP contribution is 2.44.